The van der Waals surface area contributed by atoms with Crippen LogP contribution in [0.2, 0.25) is 0 Å². The molecular weight excluding hydrogens is 445 g/mol. The van der Waals surface area contributed by atoms with E-state index < -0.39 is 18.0 Å². The maximum atomic E-state index is 12.8. The average molecular weight is 461 g/mol. The minimum Gasteiger partial charge on any atom is -0.322 e. The Balaban J connectivity index is 1.94. The van der Waals surface area contributed by atoms with Crippen molar-refractivity contribution in [1.82, 2.24) is 0 Å². The molecule has 0 saturated carbocycles. The third-order valence-corrected chi connectivity index (χ3v) is 6.02. The number of carbonyl (C=O) groups is 2. The van der Waals surface area contributed by atoms with Crippen LogP contribution in [0.5, 0.6) is 0 Å². The Morgan fingerprint density at radius 3 is 2.48 bits per heavy atom. The summed E-state index contributed by atoms with van der Waals surface area (Å²) in [5.41, 5.74) is 1.37. The molecule has 9 heteroatoms. The van der Waals surface area contributed by atoms with Crippen LogP contribution in [0.1, 0.15) is 34.1 Å². The number of carbonyl (C=O) groups excluding carboxylic acids is 2. The molecule has 0 spiro atoms. The molecule has 2 N–H and O–H groups in total. The smallest absolute Gasteiger partial charge is 0.322 e. The Labute approximate surface area is 166 Å². The minimum absolute atomic E-state index is 0.0500. The molecule has 0 bridgehead atoms. The number of benzene rings is 1. The van der Waals surface area contributed by atoms with Gasteiger partial charge >= 0.3 is 12.1 Å². The first-order valence-corrected chi connectivity index (χ1v) is 9.85. The minimum atomic E-state index is -5.02. The number of amides is 2. The molecule has 0 aliphatic heterocycles. The first-order valence-electron chi connectivity index (χ1n) is 8.24. The lowest BCUT2D eigenvalue weighted by Crippen LogP contribution is -2.30. The first kappa shape index (κ1) is 19.9. The zero-order valence-corrected chi connectivity index (χ0v) is 16.6. The van der Waals surface area contributed by atoms with Gasteiger partial charge in [-0.05, 0) is 55.0 Å². The largest absolute Gasteiger partial charge is 0.471 e. The fourth-order valence-electron chi connectivity index (χ4n) is 2.98. The van der Waals surface area contributed by atoms with Gasteiger partial charge in [-0.2, -0.15) is 13.2 Å². The summed E-state index contributed by atoms with van der Waals surface area (Å²) >= 11 is 4.35. The molecule has 0 saturated heterocycles. The fourth-order valence-corrected chi connectivity index (χ4v) is 4.65. The van der Waals surface area contributed by atoms with Crippen LogP contribution in [-0.2, 0) is 17.6 Å². The molecule has 1 aromatic carbocycles. The van der Waals surface area contributed by atoms with Crippen molar-refractivity contribution in [2.75, 3.05) is 10.6 Å². The van der Waals surface area contributed by atoms with Crippen molar-refractivity contribution >= 4 is 49.8 Å². The van der Waals surface area contributed by atoms with Gasteiger partial charge in [0.05, 0.1) is 5.56 Å². The first-order chi connectivity index (χ1) is 12.6. The summed E-state index contributed by atoms with van der Waals surface area (Å²) in [5, 5.41) is 4.53. The van der Waals surface area contributed by atoms with Gasteiger partial charge in [0.1, 0.15) is 5.00 Å². The van der Waals surface area contributed by atoms with Gasteiger partial charge in [0.25, 0.3) is 5.91 Å². The molecule has 0 radical (unpaired) electrons. The highest BCUT2D eigenvalue weighted by Crippen LogP contribution is 2.40. The Hall–Kier alpha value is -1.87. The Bertz CT molecular complexity index is 878. The molecular formula is C18H16BrF3N2O2S. The van der Waals surface area contributed by atoms with Gasteiger partial charge in [0.2, 0.25) is 0 Å². The van der Waals surface area contributed by atoms with E-state index in [1.165, 1.54) is 0 Å². The molecule has 1 heterocycles. The second kappa shape index (κ2) is 7.63. The molecule has 2 aromatic rings. The van der Waals surface area contributed by atoms with Crippen LogP contribution >= 0.6 is 27.3 Å². The molecule has 144 valence electrons. The quantitative estimate of drug-likeness (QED) is 0.644. The fraction of sp³-hybridized carbons (Fsp3) is 0.333. The Morgan fingerprint density at radius 2 is 1.85 bits per heavy atom. The number of hydrogen-bond acceptors (Lipinski definition) is 3. The summed E-state index contributed by atoms with van der Waals surface area (Å²) in [6.45, 7) is 2.05. The Morgan fingerprint density at radius 1 is 1.19 bits per heavy atom. The van der Waals surface area contributed by atoms with E-state index in [-0.39, 0.29) is 10.6 Å². The summed E-state index contributed by atoms with van der Waals surface area (Å²) in [4.78, 5) is 25.1. The van der Waals surface area contributed by atoms with Crippen LogP contribution in [0.25, 0.3) is 0 Å². The maximum Gasteiger partial charge on any atom is 0.471 e. The van der Waals surface area contributed by atoms with Gasteiger partial charge in [-0.15, -0.1) is 11.3 Å². The van der Waals surface area contributed by atoms with Crippen molar-refractivity contribution in [1.29, 1.82) is 0 Å². The molecule has 1 aliphatic rings. The zero-order chi connectivity index (χ0) is 19.8. The van der Waals surface area contributed by atoms with Crippen molar-refractivity contribution < 1.29 is 22.8 Å². The van der Waals surface area contributed by atoms with Crippen molar-refractivity contribution in [2.24, 2.45) is 5.92 Å². The SMILES string of the molecule is C[C@@H]1CCc2c(sc(NC(=O)C(F)(F)F)c2C(=O)Nc2ccc(Br)cc2)C1. The van der Waals surface area contributed by atoms with E-state index in [0.717, 1.165) is 32.7 Å². The predicted octanol–water partition coefficient (Wildman–Crippen LogP) is 5.39. The van der Waals surface area contributed by atoms with Crippen LogP contribution in [0, 0.1) is 5.92 Å². The number of rotatable bonds is 3. The third-order valence-electron chi connectivity index (χ3n) is 4.33. The summed E-state index contributed by atoms with van der Waals surface area (Å²) < 4.78 is 38.9. The van der Waals surface area contributed by atoms with Crippen LogP contribution in [-0.4, -0.2) is 18.0 Å². The van der Waals surface area contributed by atoms with E-state index in [9.17, 15) is 22.8 Å². The maximum absolute atomic E-state index is 12.8. The van der Waals surface area contributed by atoms with Gasteiger partial charge in [0.15, 0.2) is 0 Å². The topological polar surface area (TPSA) is 58.2 Å². The number of anilines is 2. The normalized spacial score (nSPS) is 16.6. The van der Waals surface area contributed by atoms with Gasteiger partial charge in [-0.1, -0.05) is 22.9 Å². The monoisotopic (exact) mass is 460 g/mol. The highest BCUT2D eigenvalue weighted by molar-refractivity contribution is 9.10. The van der Waals surface area contributed by atoms with Crippen LogP contribution in [0.3, 0.4) is 0 Å². The summed E-state index contributed by atoms with van der Waals surface area (Å²) in [7, 11) is 0. The van der Waals surface area contributed by atoms with Crippen LogP contribution in [0.15, 0.2) is 28.7 Å². The van der Waals surface area contributed by atoms with Gasteiger partial charge in [0, 0.05) is 15.0 Å². The van der Waals surface area contributed by atoms with Crippen LogP contribution < -0.4 is 10.6 Å². The van der Waals surface area contributed by atoms with E-state index >= 15 is 0 Å². The molecule has 27 heavy (non-hydrogen) atoms. The van der Waals surface area contributed by atoms with Crippen molar-refractivity contribution in [3.63, 3.8) is 0 Å². The van der Waals surface area contributed by atoms with E-state index in [2.05, 4.69) is 28.2 Å². The highest BCUT2D eigenvalue weighted by atomic mass is 79.9. The third kappa shape index (κ3) is 4.52. The molecule has 1 atom stereocenters. The van der Waals surface area contributed by atoms with Crippen LogP contribution in [0.4, 0.5) is 23.9 Å². The van der Waals surface area contributed by atoms with E-state index in [1.54, 1.807) is 24.3 Å². The summed E-state index contributed by atoms with van der Waals surface area (Å²) in [6.07, 6.45) is -2.90. The van der Waals surface area contributed by atoms with Gasteiger partial charge < -0.3 is 10.6 Å². The lowest BCUT2D eigenvalue weighted by Gasteiger charge is -2.18. The predicted molar refractivity (Wildman–Crippen MR) is 102 cm³/mol. The van der Waals surface area contributed by atoms with E-state index in [1.807, 2.05) is 5.32 Å². The van der Waals surface area contributed by atoms with Gasteiger partial charge in [-0.25, -0.2) is 0 Å². The average Bonchev–Trinajstić information content (AvgIpc) is 2.93. The molecule has 1 aliphatic carbocycles. The Kier molecular flexibility index (Phi) is 5.62. The van der Waals surface area contributed by atoms with Crippen molar-refractivity contribution in [3.8, 4) is 0 Å². The van der Waals surface area contributed by atoms with Gasteiger partial charge in [-0.3, -0.25) is 9.59 Å². The molecule has 4 nitrogen and oxygen atoms in total. The lowest BCUT2D eigenvalue weighted by molar-refractivity contribution is -0.167. The molecule has 1 aromatic heterocycles. The zero-order valence-electron chi connectivity index (χ0n) is 14.2. The lowest BCUT2D eigenvalue weighted by atomic mass is 9.88. The summed E-state index contributed by atoms with van der Waals surface area (Å²) in [5.74, 6) is -2.22. The number of hydrogen-bond donors (Lipinski definition) is 2. The van der Waals surface area contributed by atoms with Crippen molar-refractivity contribution in [3.05, 3.63) is 44.7 Å². The second-order valence-corrected chi connectivity index (χ2v) is 8.49. The molecule has 0 fully saturated rings. The number of fused-ring (bicyclic) bond motifs is 1. The van der Waals surface area contributed by atoms with E-state index in [4.69, 9.17) is 0 Å². The standard InChI is InChI=1S/C18H16BrF3N2O2S/c1-9-2-7-12-13(8-9)27-16(24-17(26)18(20,21)22)14(12)15(25)23-11-5-3-10(19)4-6-11/h3-6,9H,2,7-8H2,1H3,(H,23,25)(H,24,26)/t9-/m1/s1. The number of halogens is 4. The molecule has 0 unspecified atom stereocenters. The number of thiophene rings is 1. The molecule has 2 amide bonds. The second-order valence-electron chi connectivity index (χ2n) is 6.47. The highest BCUT2D eigenvalue weighted by Gasteiger charge is 2.40. The number of nitrogens with one attached hydrogen (secondary N) is 2. The number of alkyl halides is 3. The van der Waals surface area contributed by atoms with Crippen molar-refractivity contribution in [2.45, 2.75) is 32.4 Å². The van der Waals surface area contributed by atoms with E-state index in [0.29, 0.717) is 24.4 Å². The summed E-state index contributed by atoms with van der Waals surface area (Å²) in [6, 6.07) is 6.84. The molecule has 3 rings (SSSR count).